The number of likely N-dealkylation sites (tertiary alicyclic amines) is 1. The minimum atomic E-state index is -0.456. The van der Waals surface area contributed by atoms with Crippen molar-refractivity contribution in [2.24, 2.45) is 5.73 Å². The predicted molar refractivity (Wildman–Crippen MR) is 61.1 cm³/mol. The van der Waals surface area contributed by atoms with Crippen molar-refractivity contribution in [3.8, 4) is 0 Å². The molecule has 1 aliphatic rings. The van der Waals surface area contributed by atoms with Gasteiger partial charge in [-0.3, -0.25) is 4.79 Å². The number of ether oxygens (including phenoxy) is 2. The number of carbonyl (C=O) groups is 1. The van der Waals surface area contributed by atoms with E-state index in [1.165, 1.54) is 0 Å². The van der Waals surface area contributed by atoms with Crippen LogP contribution in [0, 0.1) is 0 Å². The van der Waals surface area contributed by atoms with Crippen LogP contribution in [0.15, 0.2) is 0 Å². The Morgan fingerprint density at radius 2 is 1.75 bits per heavy atom. The first-order valence-electron chi connectivity index (χ1n) is 5.87. The molecule has 1 heterocycles. The van der Waals surface area contributed by atoms with Crippen molar-refractivity contribution in [3.63, 3.8) is 0 Å². The SMILES string of the molecule is CCO[C@@H]1CN(C(=O)[C@@H](C)N)C[C@H]1OCC. The van der Waals surface area contributed by atoms with Crippen molar-refractivity contribution >= 4 is 5.91 Å². The molecule has 16 heavy (non-hydrogen) atoms. The number of carbonyl (C=O) groups excluding carboxylic acids is 1. The van der Waals surface area contributed by atoms with Crippen molar-refractivity contribution in [2.45, 2.75) is 39.0 Å². The van der Waals surface area contributed by atoms with Crippen molar-refractivity contribution in [2.75, 3.05) is 26.3 Å². The summed E-state index contributed by atoms with van der Waals surface area (Å²) >= 11 is 0. The van der Waals surface area contributed by atoms with E-state index in [0.717, 1.165) is 0 Å². The Morgan fingerprint density at radius 3 is 2.06 bits per heavy atom. The molecular formula is C11H22N2O3. The zero-order valence-corrected chi connectivity index (χ0v) is 10.3. The van der Waals surface area contributed by atoms with Crippen molar-refractivity contribution in [1.29, 1.82) is 0 Å². The lowest BCUT2D eigenvalue weighted by atomic mass is 10.2. The number of rotatable bonds is 5. The van der Waals surface area contributed by atoms with Crippen LogP contribution in [0.5, 0.6) is 0 Å². The Bertz CT molecular complexity index is 219. The molecule has 1 rings (SSSR count). The predicted octanol–water partition coefficient (Wildman–Crippen LogP) is -0.0140. The van der Waals surface area contributed by atoms with E-state index in [4.69, 9.17) is 15.2 Å². The van der Waals surface area contributed by atoms with Gasteiger partial charge in [-0.1, -0.05) is 0 Å². The second-order valence-electron chi connectivity index (χ2n) is 4.02. The molecule has 1 amide bonds. The van der Waals surface area contributed by atoms with E-state index in [-0.39, 0.29) is 18.1 Å². The second-order valence-corrected chi connectivity index (χ2v) is 4.02. The molecule has 1 fully saturated rings. The minimum absolute atomic E-state index is 0.0207. The van der Waals surface area contributed by atoms with E-state index in [9.17, 15) is 4.79 Å². The van der Waals surface area contributed by atoms with Crippen LogP contribution in [0.25, 0.3) is 0 Å². The lowest BCUT2D eigenvalue weighted by molar-refractivity contribution is -0.131. The molecule has 0 spiro atoms. The van der Waals surface area contributed by atoms with Gasteiger partial charge in [0.05, 0.1) is 6.04 Å². The highest BCUT2D eigenvalue weighted by Gasteiger charge is 2.36. The Hall–Kier alpha value is -0.650. The number of amides is 1. The van der Waals surface area contributed by atoms with E-state index in [0.29, 0.717) is 26.3 Å². The van der Waals surface area contributed by atoms with E-state index in [2.05, 4.69) is 0 Å². The van der Waals surface area contributed by atoms with Crippen LogP contribution in [0.3, 0.4) is 0 Å². The third-order valence-electron chi connectivity index (χ3n) is 2.68. The van der Waals surface area contributed by atoms with Crippen LogP contribution < -0.4 is 5.73 Å². The fourth-order valence-electron chi connectivity index (χ4n) is 1.96. The second kappa shape index (κ2) is 6.18. The van der Waals surface area contributed by atoms with Gasteiger partial charge in [0.15, 0.2) is 0 Å². The Morgan fingerprint density at radius 1 is 1.31 bits per heavy atom. The third-order valence-corrected chi connectivity index (χ3v) is 2.68. The molecule has 0 aromatic rings. The molecule has 0 unspecified atom stereocenters. The highest BCUT2D eigenvalue weighted by atomic mass is 16.5. The van der Waals surface area contributed by atoms with Gasteiger partial charge in [0.2, 0.25) is 5.91 Å². The summed E-state index contributed by atoms with van der Waals surface area (Å²) in [5.74, 6) is -0.0353. The molecule has 0 radical (unpaired) electrons. The summed E-state index contributed by atoms with van der Waals surface area (Å²) in [5, 5.41) is 0. The average molecular weight is 230 g/mol. The van der Waals surface area contributed by atoms with Crippen LogP contribution >= 0.6 is 0 Å². The van der Waals surface area contributed by atoms with E-state index in [1.54, 1.807) is 11.8 Å². The third kappa shape index (κ3) is 3.17. The van der Waals surface area contributed by atoms with Crippen molar-refractivity contribution < 1.29 is 14.3 Å². The minimum Gasteiger partial charge on any atom is -0.374 e. The summed E-state index contributed by atoms with van der Waals surface area (Å²) in [6.45, 7) is 8.02. The van der Waals surface area contributed by atoms with Crippen LogP contribution in [-0.2, 0) is 14.3 Å². The summed E-state index contributed by atoms with van der Waals surface area (Å²) < 4.78 is 11.1. The monoisotopic (exact) mass is 230 g/mol. The van der Waals surface area contributed by atoms with Gasteiger partial charge in [-0.25, -0.2) is 0 Å². The molecule has 0 aliphatic carbocycles. The normalized spacial score (nSPS) is 27.1. The molecule has 0 aromatic carbocycles. The van der Waals surface area contributed by atoms with Crippen LogP contribution in [-0.4, -0.2) is 55.4 Å². The van der Waals surface area contributed by atoms with Gasteiger partial charge >= 0.3 is 0 Å². The zero-order valence-electron chi connectivity index (χ0n) is 10.3. The largest absolute Gasteiger partial charge is 0.374 e. The molecule has 1 aliphatic heterocycles. The zero-order chi connectivity index (χ0) is 12.1. The summed E-state index contributed by atoms with van der Waals surface area (Å²) in [4.78, 5) is 13.5. The van der Waals surface area contributed by atoms with E-state index in [1.807, 2.05) is 13.8 Å². The summed E-state index contributed by atoms with van der Waals surface area (Å²) in [7, 11) is 0. The molecule has 94 valence electrons. The summed E-state index contributed by atoms with van der Waals surface area (Å²) in [6.07, 6.45) is -0.0414. The standard InChI is InChI=1S/C11H22N2O3/c1-4-15-9-6-13(11(14)8(3)12)7-10(9)16-5-2/h8-10H,4-7,12H2,1-3H3/t8-,9-,10-/m1/s1. The summed E-state index contributed by atoms with van der Waals surface area (Å²) in [5.41, 5.74) is 5.58. The lowest BCUT2D eigenvalue weighted by Crippen LogP contribution is -2.41. The van der Waals surface area contributed by atoms with Crippen molar-refractivity contribution in [3.05, 3.63) is 0 Å². The van der Waals surface area contributed by atoms with Gasteiger partial charge in [0, 0.05) is 26.3 Å². The molecule has 5 heteroatoms. The van der Waals surface area contributed by atoms with Gasteiger partial charge in [-0.2, -0.15) is 0 Å². The lowest BCUT2D eigenvalue weighted by Gasteiger charge is -2.17. The van der Waals surface area contributed by atoms with Crippen LogP contribution in [0.1, 0.15) is 20.8 Å². The molecule has 1 saturated heterocycles. The number of hydrogen-bond acceptors (Lipinski definition) is 4. The van der Waals surface area contributed by atoms with Crippen molar-refractivity contribution in [1.82, 2.24) is 4.90 Å². The maximum absolute atomic E-state index is 11.7. The highest BCUT2D eigenvalue weighted by Crippen LogP contribution is 2.17. The van der Waals surface area contributed by atoms with Crippen LogP contribution in [0.2, 0.25) is 0 Å². The van der Waals surface area contributed by atoms with Gasteiger partial charge < -0.3 is 20.1 Å². The maximum Gasteiger partial charge on any atom is 0.239 e. The molecule has 5 nitrogen and oxygen atoms in total. The van der Waals surface area contributed by atoms with Gasteiger partial charge in [-0.15, -0.1) is 0 Å². The van der Waals surface area contributed by atoms with E-state index < -0.39 is 6.04 Å². The first kappa shape index (κ1) is 13.4. The van der Waals surface area contributed by atoms with Gasteiger partial charge in [-0.05, 0) is 20.8 Å². The van der Waals surface area contributed by atoms with Gasteiger partial charge in [0.25, 0.3) is 0 Å². The Balaban J connectivity index is 2.57. The van der Waals surface area contributed by atoms with E-state index >= 15 is 0 Å². The average Bonchev–Trinajstić information content (AvgIpc) is 2.62. The number of hydrogen-bond donors (Lipinski definition) is 1. The molecule has 0 aromatic heterocycles. The fourth-order valence-corrected chi connectivity index (χ4v) is 1.96. The highest BCUT2D eigenvalue weighted by molar-refractivity contribution is 5.81. The maximum atomic E-state index is 11.7. The fraction of sp³-hybridized carbons (Fsp3) is 0.909. The molecule has 0 bridgehead atoms. The first-order chi connectivity index (χ1) is 7.60. The number of nitrogens with two attached hydrogens (primary N) is 1. The summed E-state index contributed by atoms with van der Waals surface area (Å²) in [6, 6.07) is -0.456. The molecule has 0 saturated carbocycles. The molecule has 3 atom stereocenters. The topological polar surface area (TPSA) is 64.8 Å². The first-order valence-corrected chi connectivity index (χ1v) is 5.87. The van der Waals surface area contributed by atoms with Gasteiger partial charge in [0.1, 0.15) is 12.2 Å². The molecular weight excluding hydrogens is 208 g/mol. The smallest absolute Gasteiger partial charge is 0.239 e. The Kier molecular flexibility index (Phi) is 5.18. The molecule has 2 N–H and O–H groups in total. The quantitative estimate of drug-likeness (QED) is 0.721. The van der Waals surface area contributed by atoms with Crippen LogP contribution in [0.4, 0.5) is 0 Å². The Labute approximate surface area is 96.9 Å². The number of nitrogens with zero attached hydrogens (tertiary/aromatic N) is 1.